The summed E-state index contributed by atoms with van der Waals surface area (Å²) in [6, 6.07) is 2.60. The number of thiophene rings is 1. The standard InChI is InChI=1S/C21H23BrF6N4O4S2/c22-16-1-2-17(37-16)38(34,35)31-5-6-32(15(12-31)9-13-3-7-36-8-4-13)18-29-10-14(11-30-18)19(33,20(23,24)25)21(26,27)28/h1-2,10-11,13,15,33H,3-9,12H2. The summed E-state index contributed by atoms with van der Waals surface area (Å²) < 4.78 is 113. The fourth-order valence-electron chi connectivity index (χ4n) is 4.58. The molecule has 1 unspecified atom stereocenters. The molecule has 17 heteroatoms. The number of anilines is 1. The normalized spacial score (nSPS) is 21.2. The summed E-state index contributed by atoms with van der Waals surface area (Å²) in [6.45, 7) is 1.14. The van der Waals surface area contributed by atoms with E-state index >= 15 is 0 Å². The Morgan fingerprint density at radius 1 is 1.05 bits per heavy atom. The molecule has 38 heavy (non-hydrogen) atoms. The lowest BCUT2D eigenvalue weighted by atomic mass is 9.91. The Hall–Kier alpha value is -1.53. The van der Waals surface area contributed by atoms with E-state index in [-0.39, 0.29) is 35.7 Å². The van der Waals surface area contributed by atoms with Gasteiger partial charge in [-0.05, 0) is 53.2 Å². The zero-order valence-corrected chi connectivity index (χ0v) is 22.8. The molecular formula is C21H23BrF6N4O4S2. The van der Waals surface area contributed by atoms with Gasteiger partial charge in [-0.15, -0.1) is 11.3 Å². The molecule has 2 saturated heterocycles. The van der Waals surface area contributed by atoms with Gasteiger partial charge in [0.25, 0.3) is 15.6 Å². The van der Waals surface area contributed by atoms with Crippen molar-refractivity contribution in [3.8, 4) is 0 Å². The summed E-state index contributed by atoms with van der Waals surface area (Å²) in [7, 11) is -3.83. The van der Waals surface area contributed by atoms with Crippen LogP contribution in [0.2, 0.25) is 0 Å². The van der Waals surface area contributed by atoms with Gasteiger partial charge in [0.05, 0.1) is 3.79 Å². The highest BCUT2D eigenvalue weighted by Crippen LogP contribution is 2.49. The molecule has 1 N–H and O–H groups in total. The molecule has 0 aromatic carbocycles. The first-order valence-corrected chi connectivity index (χ1v) is 14.5. The number of hydrogen-bond acceptors (Lipinski definition) is 8. The number of nitrogens with zero attached hydrogens (tertiary/aromatic N) is 4. The number of aromatic nitrogens is 2. The van der Waals surface area contributed by atoms with Gasteiger partial charge in [-0.3, -0.25) is 0 Å². The predicted octanol–water partition coefficient (Wildman–Crippen LogP) is 4.31. The lowest BCUT2D eigenvalue weighted by Gasteiger charge is -2.42. The number of aliphatic hydroxyl groups is 1. The summed E-state index contributed by atoms with van der Waals surface area (Å²) in [4.78, 5) is 9.08. The number of hydrogen-bond donors (Lipinski definition) is 1. The number of sulfonamides is 1. The van der Waals surface area contributed by atoms with Gasteiger partial charge in [0.1, 0.15) is 4.21 Å². The maximum absolute atomic E-state index is 13.2. The molecule has 0 amide bonds. The molecule has 0 spiro atoms. The highest BCUT2D eigenvalue weighted by Gasteiger charge is 2.71. The molecule has 2 fully saturated rings. The second kappa shape index (κ2) is 10.8. The van der Waals surface area contributed by atoms with Crippen LogP contribution >= 0.6 is 27.3 Å². The minimum atomic E-state index is -6.06. The van der Waals surface area contributed by atoms with E-state index in [1.54, 1.807) is 11.0 Å². The molecule has 212 valence electrons. The van der Waals surface area contributed by atoms with Crippen LogP contribution in [-0.2, 0) is 20.4 Å². The zero-order chi connectivity index (χ0) is 27.9. The first-order valence-electron chi connectivity index (χ1n) is 11.4. The van der Waals surface area contributed by atoms with E-state index in [2.05, 4.69) is 25.9 Å². The first kappa shape index (κ1) is 29.5. The molecule has 4 rings (SSSR count). The van der Waals surface area contributed by atoms with Crippen molar-refractivity contribution in [1.82, 2.24) is 14.3 Å². The maximum Gasteiger partial charge on any atom is 0.430 e. The maximum atomic E-state index is 13.2. The summed E-state index contributed by atoms with van der Waals surface area (Å²) in [6.07, 6.45) is -9.57. The van der Waals surface area contributed by atoms with E-state index in [0.717, 1.165) is 24.2 Å². The molecule has 0 saturated carbocycles. The third-order valence-electron chi connectivity index (χ3n) is 6.67. The Labute approximate surface area is 226 Å². The van der Waals surface area contributed by atoms with Gasteiger partial charge in [0, 0.05) is 56.8 Å². The lowest BCUT2D eigenvalue weighted by molar-refractivity contribution is -0.376. The lowest BCUT2D eigenvalue weighted by Crippen LogP contribution is -2.56. The predicted molar refractivity (Wildman–Crippen MR) is 128 cm³/mol. The average molecular weight is 653 g/mol. The van der Waals surface area contributed by atoms with Crippen LogP contribution in [0, 0.1) is 5.92 Å². The van der Waals surface area contributed by atoms with E-state index in [0.29, 0.717) is 35.8 Å². The zero-order valence-electron chi connectivity index (χ0n) is 19.5. The Morgan fingerprint density at radius 2 is 1.66 bits per heavy atom. The minimum Gasteiger partial charge on any atom is -0.381 e. The van der Waals surface area contributed by atoms with Crippen molar-refractivity contribution >= 4 is 43.2 Å². The topological polar surface area (TPSA) is 95.9 Å². The van der Waals surface area contributed by atoms with Gasteiger partial charge in [0.15, 0.2) is 0 Å². The average Bonchev–Trinajstić information content (AvgIpc) is 3.30. The molecule has 4 heterocycles. The van der Waals surface area contributed by atoms with Crippen molar-refractivity contribution < 1.29 is 44.6 Å². The van der Waals surface area contributed by atoms with Crippen molar-refractivity contribution in [3.05, 3.63) is 33.9 Å². The largest absolute Gasteiger partial charge is 0.430 e. The third kappa shape index (κ3) is 5.68. The Morgan fingerprint density at radius 3 is 2.18 bits per heavy atom. The van der Waals surface area contributed by atoms with E-state index in [9.17, 15) is 39.9 Å². The number of ether oxygens (including phenoxy) is 1. The first-order chi connectivity index (χ1) is 17.6. The molecule has 2 aliphatic rings. The summed E-state index contributed by atoms with van der Waals surface area (Å²) in [5, 5.41) is 9.63. The van der Waals surface area contributed by atoms with Gasteiger partial charge in [0.2, 0.25) is 5.95 Å². The van der Waals surface area contributed by atoms with E-state index in [4.69, 9.17) is 4.74 Å². The van der Waals surface area contributed by atoms with Crippen LogP contribution in [0.1, 0.15) is 24.8 Å². The van der Waals surface area contributed by atoms with Crippen LogP contribution in [0.5, 0.6) is 0 Å². The molecule has 0 radical (unpaired) electrons. The molecule has 0 aliphatic carbocycles. The third-order valence-corrected chi connectivity index (χ3v) is 10.6. The number of alkyl halides is 6. The second-order valence-electron chi connectivity index (χ2n) is 9.04. The van der Waals surface area contributed by atoms with Crippen LogP contribution in [0.15, 0.2) is 32.5 Å². The molecular weight excluding hydrogens is 630 g/mol. The van der Waals surface area contributed by atoms with Crippen molar-refractivity contribution in [2.45, 2.75) is 47.5 Å². The molecule has 0 bridgehead atoms. The molecule has 1 atom stereocenters. The Bertz CT molecular complexity index is 1210. The van der Waals surface area contributed by atoms with E-state index in [1.807, 2.05) is 0 Å². The summed E-state index contributed by atoms with van der Waals surface area (Å²) in [5.41, 5.74) is -6.70. The van der Waals surface area contributed by atoms with Gasteiger partial charge in [-0.1, -0.05) is 0 Å². The highest BCUT2D eigenvalue weighted by atomic mass is 79.9. The van der Waals surface area contributed by atoms with Crippen LogP contribution in [0.3, 0.4) is 0 Å². The second-order valence-corrected chi connectivity index (χ2v) is 13.7. The molecule has 8 nitrogen and oxygen atoms in total. The molecule has 2 aliphatic heterocycles. The van der Waals surface area contributed by atoms with E-state index in [1.165, 1.54) is 10.4 Å². The van der Waals surface area contributed by atoms with Crippen molar-refractivity contribution in [2.24, 2.45) is 5.92 Å². The summed E-state index contributed by atoms with van der Waals surface area (Å²) in [5.74, 6) is 0.00281. The number of rotatable bonds is 6. The van der Waals surface area contributed by atoms with Crippen LogP contribution in [0.4, 0.5) is 32.3 Å². The van der Waals surface area contributed by atoms with Crippen LogP contribution in [0.25, 0.3) is 0 Å². The van der Waals surface area contributed by atoms with Crippen LogP contribution in [-0.4, -0.2) is 79.0 Å². The molecule has 2 aromatic heterocycles. The SMILES string of the molecule is O=S(=O)(c1ccc(Br)s1)N1CCN(c2ncc(C(O)(C(F)(F)F)C(F)(F)F)cn2)C(CC2CCOCC2)C1. The van der Waals surface area contributed by atoms with Gasteiger partial charge in [-0.25, -0.2) is 18.4 Å². The minimum absolute atomic E-state index is 0.00226. The van der Waals surface area contributed by atoms with Crippen molar-refractivity contribution in [3.63, 3.8) is 0 Å². The van der Waals surface area contributed by atoms with Crippen molar-refractivity contribution in [1.29, 1.82) is 0 Å². The monoisotopic (exact) mass is 652 g/mol. The van der Waals surface area contributed by atoms with Crippen LogP contribution < -0.4 is 4.90 Å². The van der Waals surface area contributed by atoms with Crippen molar-refractivity contribution in [2.75, 3.05) is 37.7 Å². The fourth-order valence-corrected chi connectivity index (χ4v) is 8.22. The fraction of sp³-hybridized carbons (Fsp3) is 0.619. The van der Waals surface area contributed by atoms with Gasteiger partial charge < -0.3 is 14.7 Å². The van der Waals surface area contributed by atoms with Gasteiger partial charge >= 0.3 is 12.4 Å². The number of halogens is 7. The Kier molecular flexibility index (Phi) is 8.37. The number of piperazine rings is 1. The Balaban J connectivity index is 1.62. The smallest absolute Gasteiger partial charge is 0.381 e. The quantitative estimate of drug-likeness (QED) is 0.465. The molecule has 2 aromatic rings. The van der Waals surface area contributed by atoms with E-state index < -0.39 is 39.6 Å². The van der Waals surface area contributed by atoms with Gasteiger partial charge in [-0.2, -0.15) is 30.6 Å². The summed E-state index contributed by atoms with van der Waals surface area (Å²) >= 11 is 4.31. The highest BCUT2D eigenvalue weighted by molar-refractivity contribution is 9.11.